The second-order valence-electron chi connectivity index (χ2n) is 26.2. The van der Waals surface area contributed by atoms with Crippen LogP contribution in [0.1, 0.15) is 175 Å². The van der Waals surface area contributed by atoms with E-state index in [1.54, 1.807) is 0 Å². The van der Waals surface area contributed by atoms with Crippen molar-refractivity contribution < 1.29 is 37.6 Å². The molecule has 0 bridgehead atoms. The van der Waals surface area contributed by atoms with E-state index in [1.807, 2.05) is 100 Å². The molecule has 4 aromatic carbocycles. The first-order chi connectivity index (χ1) is 38.0. The summed E-state index contributed by atoms with van der Waals surface area (Å²) in [6, 6.07) is 30.6. The average molecular weight is 1150 g/mol. The van der Waals surface area contributed by atoms with Gasteiger partial charge in [-0.15, -0.1) is 0 Å². The van der Waals surface area contributed by atoms with Crippen molar-refractivity contribution in [2.24, 2.45) is 29.4 Å². The summed E-state index contributed by atoms with van der Waals surface area (Å²) in [4.78, 5) is 65.9. The van der Waals surface area contributed by atoms with Gasteiger partial charge in [-0.1, -0.05) is 194 Å². The molecule has 0 spiro atoms. The van der Waals surface area contributed by atoms with Crippen LogP contribution >= 0.6 is 0 Å². The molecule has 1 aliphatic rings. The molecule has 0 unspecified atom stereocenters. The molecule has 3 amide bonds. The van der Waals surface area contributed by atoms with Crippen LogP contribution in [-0.2, 0) is 46.0 Å². The van der Waals surface area contributed by atoms with E-state index in [1.165, 1.54) is 0 Å². The van der Waals surface area contributed by atoms with Gasteiger partial charge in [0.15, 0.2) is 28.2 Å². The molecule has 4 atom stereocenters. The highest BCUT2D eigenvalue weighted by Crippen LogP contribution is 2.45. The summed E-state index contributed by atoms with van der Waals surface area (Å²) < 4.78 is 18.4. The molecule has 1 aliphatic carbocycles. The molecule has 5 rings (SSSR count). The van der Waals surface area contributed by atoms with Crippen LogP contribution in [0.4, 0.5) is 16.2 Å². The fourth-order valence-corrected chi connectivity index (χ4v) is 11.2. The zero-order chi connectivity index (χ0) is 60.3. The molecule has 12 nitrogen and oxygen atoms in total. The van der Waals surface area contributed by atoms with Crippen molar-refractivity contribution in [3.63, 3.8) is 0 Å². The largest absolute Gasteiger partial charge is 0.449 e. The molecule has 0 fully saturated rings. The molecular weight excluding hydrogens is 1040 g/mol. The summed E-state index contributed by atoms with van der Waals surface area (Å²) >= 11 is 0. The summed E-state index contributed by atoms with van der Waals surface area (Å²) in [5, 5.41) is 9.18. The normalized spacial score (nSPS) is 14.2. The minimum Gasteiger partial charge on any atom is -0.449 e. The van der Waals surface area contributed by atoms with Gasteiger partial charge in [-0.3, -0.25) is 19.2 Å². The topological polar surface area (TPSA) is 175 Å². The summed E-state index contributed by atoms with van der Waals surface area (Å²) in [6.45, 7) is 35.5. The smallest absolute Gasteiger partial charge is 0.407 e. The number of benzene rings is 4. The monoisotopic (exact) mass is 1150 g/mol. The van der Waals surface area contributed by atoms with Gasteiger partial charge in [-0.2, -0.15) is 0 Å². The molecule has 4 aromatic rings. The number of ether oxygens (including phenoxy) is 1. The molecule has 446 valence electrons. The standard InChI is InChI=1S/C41H56N2O5Si.C26H46N2O3Si/c1-9-10-11-16-30(39(45)42-31-23-21-29(22-24-31)26-48-49(7,8)41(4,5)6)25-37(44)38(28(2)3)43-40(46)47-27-36-34-19-14-12-17-32(34)33-18-13-15-20-35(33)36;1-9-10-11-12-21(17-23(29)24(27)19(2)3)25(30)28-22-15-13-20(14-16-22)18-31-32(7,8)26(4,5)6/h12-15,17-24,28,30,36,38H,9-11,16,25-27H2,1-8H3,(H,42,45)(H,43,46);13-16,19,21,24H,9-12,17-18,27H2,1-8H3,(H,28,30)/t30-,38+;21-,24+/m11/s1. The molecular formula is C67H102N4O8Si2. The maximum atomic E-state index is 13.7. The Balaban J connectivity index is 0.000000383. The van der Waals surface area contributed by atoms with Crippen molar-refractivity contribution >= 4 is 57.5 Å². The number of Topliss-reactive ketones (excluding diaryl/α,β-unsaturated/α-hetero) is 2. The number of amides is 3. The van der Waals surface area contributed by atoms with Gasteiger partial charge in [0.2, 0.25) is 11.8 Å². The second-order valence-corrected chi connectivity index (χ2v) is 35.8. The molecule has 0 radical (unpaired) electrons. The van der Waals surface area contributed by atoms with E-state index in [0.29, 0.717) is 31.7 Å². The van der Waals surface area contributed by atoms with Crippen LogP contribution in [-0.4, -0.2) is 64.8 Å². The summed E-state index contributed by atoms with van der Waals surface area (Å²) in [5.74, 6) is -1.51. The predicted octanol–water partition coefficient (Wildman–Crippen LogP) is 16.2. The SMILES string of the molecule is CCCCC[C@H](CC(=O)[C@@H](N)C(C)C)C(=O)Nc1ccc(CO[Si](C)(C)C(C)(C)C)cc1.CCCCC[C@H](CC(=O)[C@@H](NC(=O)OCC1c2ccccc2-c2ccccc21)C(C)C)C(=O)Nc1ccc(CO[Si](C)(C)C(C)(C)C)cc1. The number of carbonyl (C=O) groups is 5. The van der Waals surface area contributed by atoms with Crippen LogP contribution in [0, 0.1) is 23.7 Å². The van der Waals surface area contributed by atoms with Crippen molar-refractivity contribution in [2.45, 2.75) is 215 Å². The summed E-state index contributed by atoms with van der Waals surface area (Å²) in [7, 11) is -3.68. The number of alkyl carbamates (subject to hydrolysis) is 1. The third-order valence-corrected chi connectivity index (χ3v) is 25.9. The number of rotatable bonds is 29. The Labute approximate surface area is 489 Å². The first-order valence-electron chi connectivity index (χ1n) is 30.0. The fraction of sp³-hybridized carbons (Fsp3) is 0.567. The second kappa shape index (κ2) is 31.4. The Morgan fingerprint density at radius 2 is 0.951 bits per heavy atom. The Morgan fingerprint density at radius 1 is 0.556 bits per heavy atom. The lowest BCUT2D eigenvalue weighted by Crippen LogP contribution is -2.46. The average Bonchev–Trinajstić information content (AvgIpc) is 3.73. The van der Waals surface area contributed by atoms with Crippen molar-refractivity contribution in [3.05, 3.63) is 119 Å². The van der Waals surface area contributed by atoms with Crippen molar-refractivity contribution in [2.75, 3.05) is 17.2 Å². The molecule has 0 saturated carbocycles. The van der Waals surface area contributed by atoms with Gasteiger partial charge < -0.3 is 35.3 Å². The number of hydrogen-bond donors (Lipinski definition) is 4. The number of carbonyl (C=O) groups excluding carboxylic acids is 5. The van der Waals surface area contributed by atoms with Crippen LogP contribution in [0.5, 0.6) is 0 Å². The fourth-order valence-electron chi connectivity index (χ4n) is 9.26. The van der Waals surface area contributed by atoms with E-state index in [9.17, 15) is 24.0 Å². The summed E-state index contributed by atoms with van der Waals surface area (Å²) in [5.41, 5.74) is 14.2. The van der Waals surface area contributed by atoms with E-state index in [2.05, 4.69) is 122 Å². The van der Waals surface area contributed by atoms with E-state index in [4.69, 9.17) is 19.3 Å². The van der Waals surface area contributed by atoms with Gasteiger partial charge in [-0.25, -0.2) is 4.79 Å². The quantitative estimate of drug-likeness (QED) is 0.0305. The Kier molecular flexibility index (Phi) is 26.5. The maximum Gasteiger partial charge on any atom is 0.407 e. The predicted molar refractivity (Wildman–Crippen MR) is 338 cm³/mol. The highest BCUT2D eigenvalue weighted by Gasteiger charge is 2.38. The Morgan fingerprint density at radius 3 is 1.32 bits per heavy atom. The van der Waals surface area contributed by atoms with Crippen LogP contribution in [0.3, 0.4) is 0 Å². The highest BCUT2D eigenvalue weighted by molar-refractivity contribution is 6.74. The molecule has 0 aliphatic heterocycles. The van der Waals surface area contributed by atoms with Crippen LogP contribution in [0.15, 0.2) is 97.1 Å². The third-order valence-electron chi connectivity index (χ3n) is 16.9. The minimum atomic E-state index is -1.87. The number of fused-ring (bicyclic) bond motifs is 3. The van der Waals surface area contributed by atoms with Gasteiger partial charge in [0, 0.05) is 42.0 Å². The lowest BCUT2D eigenvalue weighted by atomic mass is 9.89. The minimum absolute atomic E-state index is 0.0326. The number of unbranched alkanes of at least 4 members (excludes halogenated alkanes) is 4. The maximum absolute atomic E-state index is 13.7. The van der Waals surface area contributed by atoms with E-state index in [0.717, 1.165) is 77.6 Å². The van der Waals surface area contributed by atoms with Crippen molar-refractivity contribution in [3.8, 4) is 11.1 Å². The molecule has 0 saturated heterocycles. The summed E-state index contributed by atoms with van der Waals surface area (Å²) in [6.07, 6.45) is 6.81. The highest BCUT2D eigenvalue weighted by atomic mass is 28.4. The molecule has 14 heteroatoms. The third kappa shape index (κ3) is 20.8. The zero-order valence-electron chi connectivity index (χ0n) is 52.3. The number of hydrogen-bond acceptors (Lipinski definition) is 9. The van der Waals surface area contributed by atoms with Gasteiger partial charge in [0.25, 0.3) is 0 Å². The molecule has 81 heavy (non-hydrogen) atoms. The van der Waals surface area contributed by atoms with Crippen LogP contribution < -0.4 is 21.7 Å². The lowest BCUT2D eigenvalue weighted by molar-refractivity contribution is -0.128. The van der Waals surface area contributed by atoms with Crippen molar-refractivity contribution in [1.29, 1.82) is 0 Å². The zero-order valence-corrected chi connectivity index (χ0v) is 54.3. The Bertz CT molecular complexity index is 2590. The number of nitrogens with one attached hydrogen (secondary N) is 3. The molecule has 0 heterocycles. The van der Waals surface area contributed by atoms with E-state index in [-0.39, 0.29) is 76.6 Å². The molecule has 0 aromatic heterocycles. The number of anilines is 2. The van der Waals surface area contributed by atoms with E-state index < -0.39 is 40.7 Å². The van der Waals surface area contributed by atoms with E-state index >= 15 is 0 Å². The van der Waals surface area contributed by atoms with Gasteiger partial charge in [0.05, 0.1) is 25.3 Å². The molecule has 5 N–H and O–H groups in total. The number of nitrogens with two attached hydrogens (primary N) is 1. The van der Waals surface area contributed by atoms with Gasteiger partial charge in [0.1, 0.15) is 6.61 Å². The van der Waals surface area contributed by atoms with Crippen LogP contribution in [0.25, 0.3) is 11.1 Å². The van der Waals surface area contributed by atoms with Gasteiger partial charge >= 0.3 is 6.09 Å². The van der Waals surface area contributed by atoms with Crippen LogP contribution in [0.2, 0.25) is 36.3 Å². The van der Waals surface area contributed by atoms with Gasteiger partial charge in [-0.05, 0) is 119 Å². The first kappa shape index (κ1) is 68.2. The Hall–Kier alpha value is -5.26. The van der Waals surface area contributed by atoms with Crippen molar-refractivity contribution in [1.82, 2.24) is 5.32 Å². The lowest BCUT2D eigenvalue weighted by Gasteiger charge is -2.36. The number of ketones is 2. The first-order valence-corrected chi connectivity index (χ1v) is 35.8.